The second-order valence-corrected chi connectivity index (χ2v) is 8.37. The average Bonchev–Trinajstić information content (AvgIpc) is 3.15. The second-order valence-electron chi connectivity index (χ2n) is 7.30. The van der Waals surface area contributed by atoms with E-state index < -0.39 is 0 Å². The number of furan rings is 1. The predicted molar refractivity (Wildman–Crippen MR) is 97.4 cm³/mol. The number of nitrogens with zero attached hydrogens (tertiary/aromatic N) is 2. The molecule has 2 aromatic rings. The van der Waals surface area contributed by atoms with Gasteiger partial charge in [0.05, 0.1) is 42.1 Å². The Morgan fingerprint density at radius 1 is 1.42 bits per heavy atom. The van der Waals surface area contributed by atoms with Crippen molar-refractivity contribution in [1.82, 2.24) is 9.88 Å². The van der Waals surface area contributed by atoms with Gasteiger partial charge in [0.15, 0.2) is 0 Å². The molecule has 1 spiro atoms. The van der Waals surface area contributed by atoms with Crippen LogP contribution in [0.15, 0.2) is 15.9 Å². The van der Waals surface area contributed by atoms with Crippen molar-refractivity contribution in [2.75, 3.05) is 19.7 Å². The molecule has 140 valence electrons. The van der Waals surface area contributed by atoms with Gasteiger partial charge in [-0.05, 0) is 33.3 Å². The SMILES string of the molecule is Cc1cc(C(=O)N2CC3(CC(OCc4csc(C)n4)CCO3)C2)c(C)o1. The zero-order valence-electron chi connectivity index (χ0n) is 15.4. The van der Waals surface area contributed by atoms with Gasteiger partial charge in [0.25, 0.3) is 5.91 Å². The number of aromatic nitrogens is 1. The molecule has 26 heavy (non-hydrogen) atoms. The lowest BCUT2D eigenvalue weighted by atomic mass is 9.84. The summed E-state index contributed by atoms with van der Waals surface area (Å²) in [6.45, 7) is 8.14. The van der Waals surface area contributed by atoms with Gasteiger partial charge in [0, 0.05) is 18.4 Å². The molecule has 6 nitrogen and oxygen atoms in total. The molecule has 2 aliphatic rings. The molecule has 2 fully saturated rings. The Hall–Kier alpha value is -1.70. The van der Waals surface area contributed by atoms with Gasteiger partial charge in [-0.3, -0.25) is 4.79 Å². The van der Waals surface area contributed by atoms with Gasteiger partial charge in [-0.25, -0.2) is 4.98 Å². The summed E-state index contributed by atoms with van der Waals surface area (Å²) in [7, 11) is 0. The summed E-state index contributed by atoms with van der Waals surface area (Å²) in [5.74, 6) is 1.47. The van der Waals surface area contributed by atoms with Crippen LogP contribution in [-0.2, 0) is 16.1 Å². The van der Waals surface area contributed by atoms with Crippen LogP contribution in [0.5, 0.6) is 0 Å². The van der Waals surface area contributed by atoms with Gasteiger partial charge < -0.3 is 18.8 Å². The van der Waals surface area contributed by atoms with E-state index in [9.17, 15) is 4.79 Å². The van der Waals surface area contributed by atoms with Crippen molar-refractivity contribution >= 4 is 17.2 Å². The maximum Gasteiger partial charge on any atom is 0.257 e. The lowest BCUT2D eigenvalue weighted by Gasteiger charge is -2.52. The normalized spacial score (nSPS) is 21.8. The van der Waals surface area contributed by atoms with E-state index in [0.717, 1.165) is 29.3 Å². The monoisotopic (exact) mass is 376 g/mol. The van der Waals surface area contributed by atoms with E-state index in [2.05, 4.69) is 4.98 Å². The lowest BCUT2D eigenvalue weighted by Crippen LogP contribution is -2.67. The molecular formula is C19H24N2O4S. The number of ether oxygens (including phenoxy) is 2. The topological polar surface area (TPSA) is 64.8 Å². The molecule has 0 aromatic carbocycles. The minimum absolute atomic E-state index is 0.0227. The zero-order chi connectivity index (χ0) is 18.3. The van der Waals surface area contributed by atoms with Crippen LogP contribution < -0.4 is 0 Å². The van der Waals surface area contributed by atoms with Crippen LogP contribution in [0, 0.1) is 20.8 Å². The van der Waals surface area contributed by atoms with Crippen LogP contribution >= 0.6 is 11.3 Å². The summed E-state index contributed by atoms with van der Waals surface area (Å²) in [6.07, 6.45) is 1.86. The van der Waals surface area contributed by atoms with Crippen molar-refractivity contribution in [3.63, 3.8) is 0 Å². The Labute approximate surface area is 157 Å². The Morgan fingerprint density at radius 2 is 2.23 bits per heavy atom. The lowest BCUT2D eigenvalue weighted by molar-refractivity contribution is -0.188. The molecular weight excluding hydrogens is 352 g/mol. The fraction of sp³-hybridized carbons (Fsp3) is 0.579. The molecule has 2 aromatic heterocycles. The Morgan fingerprint density at radius 3 is 2.88 bits per heavy atom. The van der Waals surface area contributed by atoms with Crippen molar-refractivity contribution in [3.8, 4) is 0 Å². The zero-order valence-corrected chi connectivity index (χ0v) is 16.2. The first-order valence-electron chi connectivity index (χ1n) is 8.97. The number of likely N-dealkylation sites (tertiary alicyclic amines) is 1. The van der Waals surface area contributed by atoms with Crippen LogP contribution in [0.1, 0.15) is 45.4 Å². The van der Waals surface area contributed by atoms with Crippen LogP contribution in [0.3, 0.4) is 0 Å². The van der Waals surface area contributed by atoms with Crippen molar-refractivity contribution in [3.05, 3.63) is 39.2 Å². The second kappa shape index (κ2) is 6.79. The summed E-state index contributed by atoms with van der Waals surface area (Å²) in [6, 6.07) is 1.81. The third-order valence-corrected chi connectivity index (χ3v) is 5.92. The Bertz CT molecular complexity index is 806. The quantitative estimate of drug-likeness (QED) is 0.820. The molecule has 1 atom stereocenters. The number of hydrogen-bond acceptors (Lipinski definition) is 6. The van der Waals surface area contributed by atoms with Gasteiger partial charge in [-0.1, -0.05) is 0 Å². The summed E-state index contributed by atoms with van der Waals surface area (Å²) in [5.41, 5.74) is 1.38. The molecule has 7 heteroatoms. The number of thiazole rings is 1. The van der Waals surface area contributed by atoms with Gasteiger partial charge in [0.2, 0.25) is 0 Å². The summed E-state index contributed by atoms with van der Waals surface area (Å²) in [4.78, 5) is 18.9. The smallest absolute Gasteiger partial charge is 0.257 e. The van der Waals surface area contributed by atoms with Gasteiger partial charge in [-0.2, -0.15) is 0 Å². The van der Waals surface area contributed by atoms with Gasteiger partial charge in [-0.15, -0.1) is 11.3 Å². The van der Waals surface area contributed by atoms with E-state index in [4.69, 9.17) is 13.9 Å². The molecule has 4 rings (SSSR count). The molecule has 1 unspecified atom stereocenters. The Balaban J connectivity index is 1.32. The third kappa shape index (κ3) is 3.43. The predicted octanol–water partition coefficient (Wildman–Crippen LogP) is 3.25. The first-order valence-corrected chi connectivity index (χ1v) is 9.85. The van der Waals surface area contributed by atoms with Crippen molar-refractivity contribution in [1.29, 1.82) is 0 Å². The van der Waals surface area contributed by atoms with E-state index in [1.807, 2.05) is 37.1 Å². The first kappa shape index (κ1) is 17.7. The van der Waals surface area contributed by atoms with Crippen LogP contribution in [0.4, 0.5) is 0 Å². The average molecular weight is 376 g/mol. The minimum atomic E-state index is -0.261. The van der Waals surface area contributed by atoms with E-state index in [1.165, 1.54) is 0 Å². The van der Waals surface area contributed by atoms with Crippen molar-refractivity contribution in [2.45, 2.75) is 51.9 Å². The third-order valence-electron chi connectivity index (χ3n) is 5.10. The Kier molecular flexibility index (Phi) is 4.62. The summed E-state index contributed by atoms with van der Waals surface area (Å²) in [5, 5.41) is 3.11. The highest BCUT2D eigenvalue weighted by molar-refractivity contribution is 7.09. The fourth-order valence-corrected chi connectivity index (χ4v) is 4.43. The number of aryl methyl sites for hydroxylation is 3. The number of hydrogen-bond donors (Lipinski definition) is 0. The molecule has 2 saturated heterocycles. The maximum atomic E-state index is 12.7. The van der Waals surface area contributed by atoms with Gasteiger partial charge >= 0.3 is 0 Å². The van der Waals surface area contributed by atoms with Crippen molar-refractivity contribution < 1.29 is 18.7 Å². The number of carbonyl (C=O) groups is 1. The first-order chi connectivity index (χ1) is 12.4. The number of carbonyl (C=O) groups excluding carboxylic acids is 1. The molecule has 0 aliphatic carbocycles. The maximum absolute atomic E-state index is 12.7. The highest BCUT2D eigenvalue weighted by Gasteiger charge is 2.50. The highest BCUT2D eigenvalue weighted by atomic mass is 32.1. The summed E-state index contributed by atoms with van der Waals surface area (Å²) < 4.78 is 17.6. The molecule has 2 aliphatic heterocycles. The van der Waals surface area contributed by atoms with E-state index in [1.54, 1.807) is 11.3 Å². The fourth-order valence-electron chi connectivity index (χ4n) is 3.83. The molecule has 0 N–H and O–H groups in total. The van der Waals surface area contributed by atoms with Crippen molar-refractivity contribution in [2.24, 2.45) is 0 Å². The van der Waals surface area contributed by atoms with Crippen LogP contribution in [0.25, 0.3) is 0 Å². The number of amides is 1. The summed E-state index contributed by atoms with van der Waals surface area (Å²) >= 11 is 1.64. The largest absolute Gasteiger partial charge is 0.466 e. The molecule has 0 bridgehead atoms. The number of rotatable bonds is 4. The van der Waals surface area contributed by atoms with E-state index >= 15 is 0 Å². The minimum Gasteiger partial charge on any atom is -0.466 e. The molecule has 1 amide bonds. The molecule has 0 radical (unpaired) electrons. The highest BCUT2D eigenvalue weighted by Crippen LogP contribution is 2.36. The van der Waals surface area contributed by atoms with E-state index in [-0.39, 0.29) is 17.6 Å². The van der Waals surface area contributed by atoms with Crippen LogP contribution in [0.2, 0.25) is 0 Å². The van der Waals surface area contributed by atoms with Gasteiger partial charge in [0.1, 0.15) is 17.1 Å². The standard InChI is InChI=1S/C19H24N2O4S/c1-12-6-17(13(2)25-12)18(22)21-10-19(11-21)7-16(4-5-24-19)23-8-15-9-26-14(3)20-15/h6,9,16H,4-5,7-8,10-11H2,1-3H3. The van der Waals surface area contributed by atoms with E-state index in [0.29, 0.717) is 37.6 Å². The molecule has 0 saturated carbocycles. The molecule has 4 heterocycles. The van der Waals surface area contributed by atoms with Crippen LogP contribution in [-0.4, -0.2) is 47.2 Å².